The highest BCUT2D eigenvalue weighted by Crippen LogP contribution is 2.26. The van der Waals surface area contributed by atoms with Crippen LogP contribution >= 0.6 is 11.3 Å². The maximum Gasteiger partial charge on any atom is 0.265 e. The average molecular weight is 472 g/mol. The van der Waals surface area contributed by atoms with Gasteiger partial charge in [0, 0.05) is 11.3 Å². The van der Waals surface area contributed by atoms with Gasteiger partial charge >= 0.3 is 0 Å². The Bertz CT molecular complexity index is 1430. The van der Waals surface area contributed by atoms with Crippen LogP contribution in [0.4, 0.5) is 5.69 Å². The Morgan fingerprint density at radius 1 is 1.00 bits per heavy atom. The van der Waals surface area contributed by atoms with Gasteiger partial charge in [0.05, 0.1) is 17.7 Å². The first kappa shape index (κ1) is 21.6. The van der Waals surface area contributed by atoms with Crippen LogP contribution in [0.1, 0.15) is 6.92 Å². The lowest BCUT2D eigenvalue weighted by molar-refractivity contribution is -0.122. The molecule has 1 N–H and O–H groups in total. The van der Waals surface area contributed by atoms with E-state index in [9.17, 15) is 4.79 Å². The number of amides is 1. The second-order valence-electron chi connectivity index (χ2n) is 7.50. The molecule has 0 bridgehead atoms. The number of hydrogen-bond acceptors (Lipinski definition) is 7. The Morgan fingerprint density at radius 2 is 1.82 bits per heavy atom. The van der Waals surface area contributed by atoms with Gasteiger partial charge in [-0.15, -0.1) is 21.5 Å². The van der Waals surface area contributed by atoms with Crippen molar-refractivity contribution in [3.05, 3.63) is 78.2 Å². The van der Waals surface area contributed by atoms with Crippen LogP contribution in [-0.4, -0.2) is 38.9 Å². The van der Waals surface area contributed by atoms with Crippen LogP contribution in [0.2, 0.25) is 0 Å². The number of fused-ring (bicyclic) bond motifs is 1. The summed E-state index contributed by atoms with van der Waals surface area (Å²) in [7, 11) is 1.60. The van der Waals surface area contributed by atoms with Crippen molar-refractivity contribution in [1.82, 2.24) is 19.8 Å². The second-order valence-corrected chi connectivity index (χ2v) is 8.44. The number of thiophene rings is 1. The van der Waals surface area contributed by atoms with Crippen LogP contribution in [0, 0.1) is 0 Å². The Morgan fingerprint density at radius 3 is 2.59 bits per heavy atom. The molecule has 3 heterocycles. The van der Waals surface area contributed by atoms with Crippen LogP contribution in [0.25, 0.3) is 27.6 Å². The van der Waals surface area contributed by atoms with Crippen molar-refractivity contribution in [3.63, 3.8) is 0 Å². The summed E-state index contributed by atoms with van der Waals surface area (Å²) in [4.78, 5) is 13.7. The van der Waals surface area contributed by atoms with E-state index in [4.69, 9.17) is 14.6 Å². The first-order chi connectivity index (χ1) is 16.6. The molecule has 170 valence electrons. The minimum absolute atomic E-state index is 0.254. The maximum atomic E-state index is 12.7. The lowest BCUT2D eigenvalue weighted by atomic mass is 10.1. The molecule has 0 aliphatic carbocycles. The van der Waals surface area contributed by atoms with Crippen LogP contribution in [0.15, 0.2) is 78.2 Å². The molecule has 0 saturated heterocycles. The van der Waals surface area contributed by atoms with E-state index >= 15 is 0 Å². The standard InChI is InChI=1S/C25H21N5O3S/c1-16(33-20-10-8-19(32-2)9-11-20)25(31)26-18-6-3-5-17(15-18)21-12-13-23-27-28-24(30(23)29-21)22-7-4-14-34-22/h3-16H,1-2H3,(H,26,31). The molecule has 5 aromatic rings. The molecular formula is C25H21N5O3S. The number of methoxy groups -OCH3 is 1. The van der Waals surface area contributed by atoms with Crippen molar-refractivity contribution in [2.45, 2.75) is 13.0 Å². The number of ether oxygens (including phenoxy) is 2. The molecule has 0 fully saturated rings. The van der Waals surface area contributed by atoms with Crippen molar-refractivity contribution in [3.8, 4) is 33.5 Å². The molecule has 0 aliphatic heterocycles. The van der Waals surface area contributed by atoms with Gasteiger partial charge in [-0.25, -0.2) is 0 Å². The van der Waals surface area contributed by atoms with E-state index in [1.165, 1.54) is 0 Å². The summed E-state index contributed by atoms with van der Waals surface area (Å²) < 4.78 is 12.6. The van der Waals surface area contributed by atoms with E-state index in [2.05, 4.69) is 15.5 Å². The van der Waals surface area contributed by atoms with Crippen LogP contribution in [0.5, 0.6) is 11.5 Å². The number of aromatic nitrogens is 4. The van der Waals surface area contributed by atoms with Crippen LogP contribution in [-0.2, 0) is 4.79 Å². The third-order valence-electron chi connectivity index (χ3n) is 5.17. The van der Waals surface area contributed by atoms with E-state index < -0.39 is 6.10 Å². The molecule has 9 heteroatoms. The smallest absolute Gasteiger partial charge is 0.265 e. The predicted molar refractivity (Wildman–Crippen MR) is 131 cm³/mol. The normalized spacial score (nSPS) is 11.8. The predicted octanol–water partition coefficient (Wildman–Crippen LogP) is 4.93. The maximum absolute atomic E-state index is 12.7. The summed E-state index contributed by atoms with van der Waals surface area (Å²) in [6.45, 7) is 1.71. The van der Waals surface area contributed by atoms with Crippen LogP contribution in [0.3, 0.4) is 0 Å². The van der Waals surface area contributed by atoms with Crippen molar-refractivity contribution in [2.24, 2.45) is 0 Å². The molecule has 1 unspecified atom stereocenters. The molecule has 3 aromatic heterocycles. The average Bonchev–Trinajstić information content (AvgIpc) is 3.54. The Balaban J connectivity index is 1.33. The van der Waals surface area contributed by atoms with Gasteiger partial charge in [-0.2, -0.15) is 9.61 Å². The van der Waals surface area contributed by atoms with E-state index in [1.54, 1.807) is 54.2 Å². The van der Waals surface area contributed by atoms with Gasteiger partial charge in [-0.1, -0.05) is 18.2 Å². The Hall–Kier alpha value is -4.24. The SMILES string of the molecule is COc1ccc(OC(C)C(=O)Nc2cccc(-c3ccc4nnc(-c5cccs5)n4n3)c2)cc1. The number of hydrogen-bond donors (Lipinski definition) is 1. The first-order valence-electron chi connectivity index (χ1n) is 10.6. The fraction of sp³-hybridized carbons (Fsp3) is 0.120. The molecule has 0 spiro atoms. The van der Waals surface area contributed by atoms with Gasteiger partial charge in [-0.05, 0) is 66.9 Å². The lowest BCUT2D eigenvalue weighted by Crippen LogP contribution is -2.30. The quantitative estimate of drug-likeness (QED) is 0.362. The summed E-state index contributed by atoms with van der Waals surface area (Å²) in [6.07, 6.45) is -0.683. The largest absolute Gasteiger partial charge is 0.497 e. The molecule has 8 nitrogen and oxygen atoms in total. The summed E-state index contributed by atoms with van der Waals surface area (Å²) in [5, 5.41) is 18.1. The number of nitrogens with one attached hydrogen (secondary N) is 1. The second kappa shape index (κ2) is 9.32. The van der Waals surface area contributed by atoms with E-state index in [0.29, 0.717) is 22.9 Å². The molecular weight excluding hydrogens is 450 g/mol. The van der Waals surface area contributed by atoms with Gasteiger partial charge in [0.25, 0.3) is 5.91 Å². The van der Waals surface area contributed by atoms with E-state index in [1.807, 2.05) is 53.9 Å². The molecule has 0 aliphatic rings. The summed E-state index contributed by atoms with van der Waals surface area (Å²) in [5.74, 6) is 1.75. The molecule has 34 heavy (non-hydrogen) atoms. The van der Waals surface area contributed by atoms with Gasteiger partial charge in [-0.3, -0.25) is 4.79 Å². The highest BCUT2D eigenvalue weighted by atomic mass is 32.1. The highest BCUT2D eigenvalue weighted by Gasteiger charge is 2.16. The first-order valence-corrected chi connectivity index (χ1v) is 11.5. The third kappa shape index (κ3) is 4.46. The number of rotatable bonds is 7. The Labute approximate surface area is 199 Å². The number of benzene rings is 2. The number of nitrogens with zero attached hydrogens (tertiary/aromatic N) is 4. The van der Waals surface area contributed by atoms with E-state index in [-0.39, 0.29) is 5.91 Å². The Kier molecular flexibility index (Phi) is 5.92. The monoisotopic (exact) mass is 471 g/mol. The topological polar surface area (TPSA) is 90.6 Å². The zero-order valence-electron chi connectivity index (χ0n) is 18.5. The number of carbonyl (C=O) groups excluding carboxylic acids is 1. The summed E-state index contributed by atoms with van der Waals surface area (Å²) in [6, 6.07) is 22.3. The van der Waals surface area contributed by atoms with Crippen LogP contribution < -0.4 is 14.8 Å². The zero-order chi connectivity index (χ0) is 23.5. The van der Waals surface area contributed by atoms with Crippen molar-refractivity contribution < 1.29 is 14.3 Å². The molecule has 2 aromatic carbocycles. The fourth-order valence-corrected chi connectivity index (χ4v) is 4.11. The molecule has 5 rings (SSSR count). The molecule has 0 radical (unpaired) electrons. The summed E-state index contributed by atoms with van der Waals surface area (Å²) in [5.41, 5.74) is 2.91. The lowest BCUT2D eigenvalue weighted by Gasteiger charge is -2.15. The molecule has 1 atom stereocenters. The highest BCUT2D eigenvalue weighted by molar-refractivity contribution is 7.13. The van der Waals surface area contributed by atoms with Gasteiger partial charge < -0.3 is 14.8 Å². The number of anilines is 1. The van der Waals surface area contributed by atoms with Gasteiger partial charge in [0.15, 0.2) is 17.6 Å². The molecule has 1 amide bonds. The zero-order valence-corrected chi connectivity index (χ0v) is 19.3. The summed E-state index contributed by atoms with van der Waals surface area (Å²) >= 11 is 1.58. The minimum Gasteiger partial charge on any atom is -0.497 e. The van der Waals surface area contributed by atoms with Gasteiger partial charge in [0.1, 0.15) is 11.5 Å². The minimum atomic E-state index is -0.683. The van der Waals surface area contributed by atoms with Crippen molar-refractivity contribution >= 4 is 28.6 Å². The van der Waals surface area contributed by atoms with Crippen molar-refractivity contribution in [1.29, 1.82) is 0 Å². The van der Waals surface area contributed by atoms with Crippen molar-refractivity contribution in [2.75, 3.05) is 12.4 Å². The van der Waals surface area contributed by atoms with Gasteiger partial charge in [0.2, 0.25) is 0 Å². The third-order valence-corrected chi connectivity index (χ3v) is 6.04. The fourth-order valence-electron chi connectivity index (χ4n) is 3.41. The van der Waals surface area contributed by atoms with E-state index in [0.717, 1.165) is 21.9 Å². The number of carbonyl (C=O) groups is 1. The molecule has 0 saturated carbocycles.